The van der Waals surface area contributed by atoms with Crippen LogP contribution in [0.3, 0.4) is 0 Å². The number of carbonyl (C=O) groups excluding carboxylic acids is 3. The van der Waals surface area contributed by atoms with Gasteiger partial charge in [0.2, 0.25) is 11.8 Å². The Morgan fingerprint density at radius 1 is 1.00 bits per heavy atom. The van der Waals surface area contributed by atoms with Crippen LogP contribution >= 0.6 is 0 Å². The first-order valence-corrected chi connectivity index (χ1v) is 9.34. The van der Waals surface area contributed by atoms with Gasteiger partial charge in [0.25, 0.3) is 5.91 Å². The minimum absolute atomic E-state index is 0.121. The summed E-state index contributed by atoms with van der Waals surface area (Å²) in [6, 6.07) is 13.3. The van der Waals surface area contributed by atoms with Crippen molar-refractivity contribution in [1.82, 2.24) is 14.9 Å². The molecule has 8 nitrogen and oxygen atoms in total. The normalized spacial score (nSPS) is 13.5. The number of nitrogens with zero attached hydrogens (tertiary/aromatic N) is 3. The van der Waals surface area contributed by atoms with Gasteiger partial charge in [-0.2, -0.15) is 0 Å². The number of nitrogens with one attached hydrogen (secondary N) is 1. The van der Waals surface area contributed by atoms with Crippen LogP contribution in [0.25, 0.3) is 11.4 Å². The number of rotatable bonds is 5. The Bertz CT molecular complexity index is 1090. The number of carbonyl (C=O) groups is 3. The zero-order valence-corrected chi connectivity index (χ0v) is 15.9. The fourth-order valence-corrected chi connectivity index (χ4v) is 3.13. The topological polar surface area (TPSA) is 112 Å². The van der Waals surface area contributed by atoms with Crippen molar-refractivity contribution in [3.8, 4) is 17.1 Å². The average Bonchev–Trinajstić information content (AvgIpc) is 3.07. The van der Waals surface area contributed by atoms with Crippen molar-refractivity contribution in [2.75, 3.05) is 5.32 Å². The molecule has 3 amide bonds. The lowest BCUT2D eigenvalue weighted by atomic mass is 10.1. The first-order chi connectivity index (χ1) is 14.5. The average molecular weight is 402 g/mol. The van der Waals surface area contributed by atoms with E-state index in [4.69, 9.17) is 0 Å². The maximum atomic E-state index is 12.5. The molecule has 0 spiro atoms. The van der Waals surface area contributed by atoms with Crippen molar-refractivity contribution in [2.45, 2.75) is 19.4 Å². The van der Waals surface area contributed by atoms with E-state index in [0.29, 0.717) is 22.6 Å². The molecule has 0 bridgehead atoms. The molecule has 1 aromatic heterocycles. The predicted molar refractivity (Wildman–Crippen MR) is 108 cm³/mol. The molecular formula is C22H18N4O4. The molecule has 8 heteroatoms. The van der Waals surface area contributed by atoms with Gasteiger partial charge in [0.15, 0.2) is 5.82 Å². The predicted octanol–water partition coefficient (Wildman–Crippen LogP) is 2.75. The van der Waals surface area contributed by atoms with Gasteiger partial charge < -0.3 is 10.4 Å². The van der Waals surface area contributed by atoms with Crippen LogP contribution in [0.1, 0.15) is 28.8 Å². The van der Waals surface area contributed by atoms with Crippen molar-refractivity contribution >= 4 is 23.4 Å². The van der Waals surface area contributed by atoms with E-state index < -0.39 is 0 Å². The summed E-state index contributed by atoms with van der Waals surface area (Å²) < 4.78 is 0. The van der Waals surface area contributed by atoms with Gasteiger partial charge in [-0.3, -0.25) is 19.3 Å². The molecule has 0 aliphatic carbocycles. The Labute approximate surface area is 172 Å². The maximum Gasteiger partial charge on any atom is 0.255 e. The summed E-state index contributed by atoms with van der Waals surface area (Å²) in [5, 5.41) is 12.3. The summed E-state index contributed by atoms with van der Waals surface area (Å²) in [5.41, 5.74) is 2.29. The third kappa shape index (κ3) is 4.17. The molecule has 2 aromatic carbocycles. The molecule has 2 heterocycles. The number of phenolic OH excluding ortho intramolecular Hbond substituents is 1. The summed E-state index contributed by atoms with van der Waals surface area (Å²) in [4.78, 5) is 45.6. The Hall–Kier alpha value is -4.07. The van der Waals surface area contributed by atoms with Crippen LogP contribution in [-0.4, -0.2) is 37.7 Å². The Morgan fingerprint density at radius 3 is 2.30 bits per heavy atom. The second kappa shape index (κ2) is 8.12. The molecule has 1 saturated heterocycles. The summed E-state index contributed by atoms with van der Waals surface area (Å²) >= 11 is 0. The van der Waals surface area contributed by atoms with E-state index in [9.17, 15) is 19.5 Å². The van der Waals surface area contributed by atoms with Gasteiger partial charge in [-0.05, 0) is 29.8 Å². The molecule has 1 fully saturated rings. The van der Waals surface area contributed by atoms with Crippen molar-refractivity contribution in [3.63, 3.8) is 0 Å². The van der Waals surface area contributed by atoms with Gasteiger partial charge in [0.05, 0.1) is 24.6 Å². The van der Waals surface area contributed by atoms with Crippen LogP contribution in [-0.2, 0) is 16.1 Å². The number of benzene rings is 2. The minimum Gasteiger partial charge on any atom is -0.508 e. The molecule has 1 aliphatic rings. The number of aromatic nitrogens is 2. The lowest BCUT2D eigenvalue weighted by Gasteiger charge is -2.14. The molecule has 30 heavy (non-hydrogen) atoms. The smallest absolute Gasteiger partial charge is 0.255 e. The number of hydrogen-bond acceptors (Lipinski definition) is 6. The minimum atomic E-state index is -0.330. The summed E-state index contributed by atoms with van der Waals surface area (Å²) in [6.45, 7) is 0.212. The number of amides is 3. The molecule has 0 atom stereocenters. The largest absolute Gasteiger partial charge is 0.508 e. The highest BCUT2D eigenvalue weighted by atomic mass is 16.3. The second-order valence-corrected chi connectivity index (χ2v) is 6.87. The van der Waals surface area contributed by atoms with Gasteiger partial charge in [0.1, 0.15) is 5.75 Å². The molecule has 3 aromatic rings. The number of likely N-dealkylation sites (tertiary alicyclic amines) is 1. The number of phenols is 1. The summed E-state index contributed by atoms with van der Waals surface area (Å²) in [6.07, 6.45) is 3.49. The number of anilines is 1. The van der Waals surface area contributed by atoms with Crippen molar-refractivity contribution < 1.29 is 19.5 Å². The SMILES string of the molecule is O=C(Nc1cnc(-c2cccc(O)c2)nc1)c1ccc(CN2C(=O)CCC2=O)cc1. The van der Waals surface area contributed by atoms with Gasteiger partial charge in [-0.1, -0.05) is 24.3 Å². The highest BCUT2D eigenvalue weighted by molar-refractivity contribution is 6.04. The van der Waals surface area contributed by atoms with Gasteiger partial charge in [0, 0.05) is 24.0 Å². The van der Waals surface area contributed by atoms with Crippen molar-refractivity contribution in [2.24, 2.45) is 0 Å². The highest BCUT2D eigenvalue weighted by Gasteiger charge is 2.28. The first-order valence-electron chi connectivity index (χ1n) is 9.34. The second-order valence-electron chi connectivity index (χ2n) is 6.87. The van der Waals surface area contributed by atoms with Crippen LogP contribution in [0.2, 0.25) is 0 Å². The van der Waals surface area contributed by atoms with E-state index in [1.54, 1.807) is 48.5 Å². The molecule has 150 valence electrons. The number of imide groups is 1. The van der Waals surface area contributed by atoms with Crippen LogP contribution in [0.15, 0.2) is 60.9 Å². The quantitative estimate of drug-likeness (QED) is 0.635. The van der Waals surface area contributed by atoms with E-state index in [-0.39, 0.29) is 42.9 Å². The van der Waals surface area contributed by atoms with E-state index in [1.807, 2.05) is 0 Å². The van der Waals surface area contributed by atoms with E-state index in [1.165, 1.54) is 17.3 Å². The molecule has 2 N–H and O–H groups in total. The third-order valence-electron chi connectivity index (χ3n) is 4.73. The molecule has 0 radical (unpaired) electrons. The Kier molecular flexibility index (Phi) is 5.21. The molecule has 1 aliphatic heterocycles. The molecular weight excluding hydrogens is 384 g/mol. The van der Waals surface area contributed by atoms with Gasteiger partial charge in [-0.15, -0.1) is 0 Å². The molecule has 4 rings (SSSR count). The van der Waals surface area contributed by atoms with Crippen LogP contribution in [0.4, 0.5) is 5.69 Å². The Balaban J connectivity index is 1.40. The monoisotopic (exact) mass is 402 g/mol. The highest BCUT2D eigenvalue weighted by Crippen LogP contribution is 2.20. The summed E-state index contributed by atoms with van der Waals surface area (Å²) in [7, 11) is 0. The fourth-order valence-electron chi connectivity index (χ4n) is 3.13. The standard InChI is InChI=1S/C22H18N4O4/c27-18-3-1-2-16(10-18)21-23-11-17(12-24-21)25-22(30)15-6-4-14(5-7-15)13-26-19(28)8-9-20(26)29/h1-7,10-12,27H,8-9,13H2,(H,25,30). The van der Waals surface area contributed by atoms with E-state index in [0.717, 1.165) is 5.56 Å². The third-order valence-corrected chi connectivity index (χ3v) is 4.73. The lowest BCUT2D eigenvalue weighted by molar-refractivity contribution is -0.139. The number of aromatic hydroxyl groups is 1. The zero-order valence-electron chi connectivity index (χ0n) is 15.9. The van der Waals surface area contributed by atoms with Gasteiger partial charge >= 0.3 is 0 Å². The van der Waals surface area contributed by atoms with Crippen LogP contribution in [0, 0.1) is 0 Å². The fraction of sp³-hybridized carbons (Fsp3) is 0.136. The van der Waals surface area contributed by atoms with Crippen LogP contribution < -0.4 is 5.32 Å². The van der Waals surface area contributed by atoms with Crippen molar-refractivity contribution in [3.05, 3.63) is 72.1 Å². The first kappa shape index (κ1) is 19.3. The lowest BCUT2D eigenvalue weighted by Crippen LogP contribution is -2.28. The maximum absolute atomic E-state index is 12.5. The zero-order chi connectivity index (χ0) is 21.1. The summed E-state index contributed by atoms with van der Waals surface area (Å²) in [5.74, 6) is -0.120. The van der Waals surface area contributed by atoms with Gasteiger partial charge in [-0.25, -0.2) is 9.97 Å². The van der Waals surface area contributed by atoms with Crippen molar-refractivity contribution in [1.29, 1.82) is 0 Å². The van der Waals surface area contributed by atoms with E-state index >= 15 is 0 Å². The van der Waals surface area contributed by atoms with Crippen LogP contribution in [0.5, 0.6) is 5.75 Å². The number of hydrogen-bond donors (Lipinski definition) is 2. The molecule has 0 unspecified atom stereocenters. The Morgan fingerprint density at radius 2 is 1.67 bits per heavy atom. The van der Waals surface area contributed by atoms with E-state index in [2.05, 4.69) is 15.3 Å². The molecule has 0 saturated carbocycles.